The van der Waals surface area contributed by atoms with Crippen LogP contribution >= 0.6 is 0 Å². The molecular weight excluding hydrogens is 176 g/mol. The quantitative estimate of drug-likeness (QED) is 0.655. The molecule has 0 fully saturated rings. The third-order valence-corrected chi connectivity index (χ3v) is 1.46. The minimum absolute atomic E-state index is 0.158. The molecule has 0 aliphatic heterocycles. The minimum atomic E-state index is -3.93. The maximum atomic E-state index is 12.5. The second-order valence-corrected chi connectivity index (χ2v) is 2.38. The Morgan fingerprint density at radius 1 is 1.31 bits per heavy atom. The van der Waals surface area contributed by atoms with Crippen molar-refractivity contribution in [2.24, 2.45) is 0 Å². The standard InChI is InChI=1S/C9H5F2NO/c10-9(11,6-12)8(13)7-4-2-1-3-5-7/h1-5H. The summed E-state index contributed by atoms with van der Waals surface area (Å²) in [5, 5.41) is 8.00. The van der Waals surface area contributed by atoms with Gasteiger partial charge in [-0.1, -0.05) is 30.3 Å². The van der Waals surface area contributed by atoms with E-state index in [9.17, 15) is 13.6 Å². The number of alkyl halides is 2. The normalized spacial score (nSPS) is 10.5. The van der Waals surface area contributed by atoms with Crippen LogP contribution < -0.4 is 0 Å². The van der Waals surface area contributed by atoms with Crippen LogP contribution in [0.25, 0.3) is 0 Å². The first-order chi connectivity index (χ1) is 6.08. The van der Waals surface area contributed by atoms with Gasteiger partial charge < -0.3 is 0 Å². The number of carbonyl (C=O) groups excluding carboxylic acids is 1. The van der Waals surface area contributed by atoms with Gasteiger partial charge in [-0.25, -0.2) is 0 Å². The number of halogens is 2. The van der Waals surface area contributed by atoms with E-state index in [0.717, 1.165) is 0 Å². The second-order valence-electron chi connectivity index (χ2n) is 2.38. The largest absolute Gasteiger partial charge is 0.393 e. The van der Waals surface area contributed by atoms with Gasteiger partial charge in [-0.3, -0.25) is 4.79 Å². The molecule has 0 N–H and O–H groups in total. The molecule has 1 aromatic carbocycles. The van der Waals surface area contributed by atoms with Crippen LogP contribution in [0.3, 0.4) is 0 Å². The summed E-state index contributed by atoms with van der Waals surface area (Å²) in [5.41, 5.74) is -0.158. The predicted octanol–water partition coefficient (Wildman–Crippen LogP) is 2.03. The smallest absolute Gasteiger partial charge is 0.286 e. The molecule has 1 aromatic rings. The van der Waals surface area contributed by atoms with Crippen molar-refractivity contribution in [1.29, 1.82) is 5.26 Å². The van der Waals surface area contributed by atoms with Crippen molar-refractivity contribution in [3.05, 3.63) is 35.9 Å². The topological polar surface area (TPSA) is 40.9 Å². The minimum Gasteiger partial charge on any atom is -0.286 e. The van der Waals surface area contributed by atoms with E-state index < -0.39 is 11.7 Å². The Hall–Kier alpha value is -1.76. The van der Waals surface area contributed by atoms with Gasteiger partial charge in [0.1, 0.15) is 6.07 Å². The average molecular weight is 181 g/mol. The molecule has 0 aliphatic carbocycles. The SMILES string of the molecule is N#CC(F)(F)C(=O)c1ccccc1. The Bertz CT molecular complexity index is 354. The number of Topliss-reactive ketones (excluding diaryl/α,β-unsaturated/α-hetero) is 1. The van der Waals surface area contributed by atoms with Crippen molar-refractivity contribution in [2.45, 2.75) is 5.92 Å². The molecule has 1 rings (SSSR count). The van der Waals surface area contributed by atoms with E-state index >= 15 is 0 Å². The third-order valence-electron chi connectivity index (χ3n) is 1.46. The zero-order valence-corrected chi connectivity index (χ0v) is 6.50. The Kier molecular flexibility index (Phi) is 2.38. The molecule has 0 atom stereocenters. The van der Waals surface area contributed by atoms with Gasteiger partial charge in [-0.2, -0.15) is 14.0 Å². The molecule has 4 heteroatoms. The predicted molar refractivity (Wildman–Crippen MR) is 41.3 cm³/mol. The van der Waals surface area contributed by atoms with Crippen molar-refractivity contribution in [2.75, 3.05) is 0 Å². The fourth-order valence-corrected chi connectivity index (χ4v) is 0.822. The zero-order valence-electron chi connectivity index (χ0n) is 6.50. The van der Waals surface area contributed by atoms with Crippen molar-refractivity contribution in [3.8, 4) is 6.07 Å². The fraction of sp³-hybridized carbons (Fsp3) is 0.111. The first-order valence-corrected chi connectivity index (χ1v) is 3.47. The molecule has 0 saturated carbocycles. The molecule has 0 spiro atoms. The molecule has 0 saturated heterocycles. The highest BCUT2D eigenvalue weighted by molar-refractivity contribution is 6.03. The Balaban J connectivity index is 3.01. The zero-order chi connectivity index (χ0) is 9.90. The highest BCUT2D eigenvalue weighted by atomic mass is 19.3. The number of hydrogen-bond acceptors (Lipinski definition) is 2. The number of benzene rings is 1. The van der Waals surface area contributed by atoms with Crippen molar-refractivity contribution < 1.29 is 13.6 Å². The molecular formula is C9H5F2NO. The van der Waals surface area contributed by atoms with Crippen LogP contribution in [0.5, 0.6) is 0 Å². The maximum Gasteiger partial charge on any atom is 0.393 e. The van der Waals surface area contributed by atoms with Crippen LogP contribution in [0.4, 0.5) is 8.78 Å². The van der Waals surface area contributed by atoms with E-state index in [1.807, 2.05) is 0 Å². The van der Waals surface area contributed by atoms with Crippen LogP contribution in [-0.2, 0) is 0 Å². The lowest BCUT2D eigenvalue weighted by atomic mass is 10.1. The summed E-state index contributed by atoms with van der Waals surface area (Å²) in [6.45, 7) is 0. The summed E-state index contributed by atoms with van der Waals surface area (Å²) in [6.07, 6.45) is 0. The third kappa shape index (κ3) is 1.88. The average Bonchev–Trinajstić information content (AvgIpc) is 2.18. The number of ketones is 1. The van der Waals surface area contributed by atoms with E-state index in [1.54, 1.807) is 6.07 Å². The molecule has 0 aromatic heterocycles. The molecule has 13 heavy (non-hydrogen) atoms. The Labute approximate surface area is 73.4 Å². The van der Waals surface area contributed by atoms with E-state index in [-0.39, 0.29) is 5.56 Å². The lowest BCUT2D eigenvalue weighted by Gasteiger charge is -2.04. The van der Waals surface area contributed by atoms with Gasteiger partial charge in [0.2, 0.25) is 5.78 Å². The summed E-state index contributed by atoms with van der Waals surface area (Å²) in [6, 6.07) is 7.66. The van der Waals surface area contributed by atoms with Gasteiger partial charge in [-0.05, 0) is 0 Å². The van der Waals surface area contributed by atoms with Crippen LogP contribution in [0.2, 0.25) is 0 Å². The fourth-order valence-electron chi connectivity index (χ4n) is 0.822. The van der Waals surface area contributed by atoms with Gasteiger partial charge in [0.05, 0.1) is 0 Å². The number of hydrogen-bond donors (Lipinski definition) is 0. The molecule has 0 bridgehead atoms. The Morgan fingerprint density at radius 3 is 2.31 bits per heavy atom. The number of nitrogens with zero attached hydrogens (tertiary/aromatic N) is 1. The second kappa shape index (κ2) is 3.31. The van der Waals surface area contributed by atoms with Gasteiger partial charge in [0, 0.05) is 5.56 Å². The van der Waals surface area contributed by atoms with Gasteiger partial charge >= 0.3 is 5.92 Å². The first kappa shape index (κ1) is 9.33. The van der Waals surface area contributed by atoms with Crippen LogP contribution in [0.1, 0.15) is 10.4 Å². The lowest BCUT2D eigenvalue weighted by Crippen LogP contribution is -2.26. The molecule has 0 unspecified atom stereocenters. The molecule has 0 heterocycles. The van der Waals surface area contributed by atoms with Crippen LogP contribution in [0.15, 0.2) is 30.3 Å². The summed E-state index contributed by atoms with van der Waals surface area (Å²) in [4.78, 5) is 10.9. The van der Waals surface area contributed by atoms with Gasteiger partial charge in [0.15, 0.2) is 0 Å². The van der Waals surface area contributed by atoms with Gasteiger partial charge in [0.25, 0.3) is 0 Å². The van der Waals surface area contributed by atoms with E-state index in [1.165, 1.54) is 24.3 Å². The van der Waals surface area contributed by atoms with Crippen molar-refractivity contribution >= 4 is 5.78 Å². The maximum absolute atomic E-state index is 12.5. The molecule has 0 radical (unpaired) electrons. The van der Waals surface area contributed by atoms with Gasteiger partial charge in [-0.15, -0.1) is 0 Å². The highest BCUT2D eigenvalue weighted by Gasteiger charge is 2.39. The van der Waals surface area contributed by atoms with Crippen molar-refractivity contribution in [3.63, 3.8) is 0 Å². The van der Waals surface area contributed by atoms with E-state index in [4.69, 9.17) is 5.26 Å². The van der Waals surface area contributed by atoms with E-state index in [2.05, 4.69) is 0 Å². The van der Waals surface area contributed by atoms with E-state index in [0.29, 0.717) is 6.07 Å². The summed E-state index contributed by atoms with van der Waals surface area (Å²) in [5.74, 6) is -5.39. The monoisotopic (exact) mass is 181 g/mol. The number of nitriles is 1. The molecule has 66 valence electrons. The van der Waals surface area contributed by atoms with Crippen molar-refractivity contribution in [1.82, 2.24) is 0 Å². The number of carbonyl (C=O) groups is 1. The van der Waals surface area contributed by atoms with Crippen LogP contribution in [-0.4, -0.2) is 11.7 Å². The first-order valence-electron chi connectivity index (χ1n) is 3.47. The summed E-state index contributed by atoms with van der Waals surface area (Å²) >= 11 is 0. The molecule has 0 aliphatic rings. The highest BCUT2D eigenvalue weighted by Crippen LogP contribution is 2.18. The summed E-state index contributed by atoms with van der Waals surface area (Å²) < 4.78 is 25.0. The molecule has 0 amide bonds. The van der Waals surface area contributed by atoms with Crippen LogP contribution in [0, 0.1) is 11.3 Å². The summed E-state index contributed by atoms with van der Waals surface area (Å²) in [7, 11) is 0. The molecule has 2 nitrogen and oxygen atoms in total. The Morgan fingerprint density at radius 2 is 1.85 bits per heavy atom. The lowest BCUT2D eigenvalue weighted by molar-refractivity contribution is 0.0418. The number of rotatable bonds is 2.